The minimum atomic E-state index is -0.814. The Hall–Kier alpha value is -3.53. The zero-order valence-corrected chi connectivity index (χ0v) is 17.1. The number of fused-ring (bicyclic) bond motifs is 1. The van der Waals surface area contributed by atoms with Gasteiger partial charge in [-0.25, -0.2) is 14.4 Å². The van der Waals surface area contributed by atoms with Crippen molar-refractivity contribution in [2.24, 2.45) is 18.5 Å². The molecule has 3 aromatic rings. The van der Waals surface area contributed by atoms with Gasteiger partial charge in [0.2, 0.25) is 0 Å². The lowest BCUT2D eigenvalue weighted by Gasteiger charge is -2.30. The number of aryl methyl sites for hydroxylation is 1. The number of nitrogens with one attached hydrogen (secondary N) is 2. The molecule has 0 bridgehead atoms. The maximum Gasteiger partial charge on any atom is 0.252 e. The van der Waals surface area contributed by atoms with E-state index in [0.29, 0.717) is 16.7 Å². The molecule has 1 fully saturated rings. The SMILES string of the molecule is Cn1c(=O)ccc2cc(Nc3nc(NC4CCCCC4N)c(F)cc3C(N)=O)cnc21. The summed E-state index contributed by atoms with van der Waals surface area (Å²) in [5, 5.41) is 6.78. The number of primary amides is 1. The number of rotatable bonds is 5. The van der Waals surface area contributed by atoms with Crippen LogP contribution in [0.3, 0.4) is 0 Å². The first-order valence-corrected chi connectivity index (χ1v) is 10.1. The van der Waals surface area contributed by atoms with E-state index >= 15 is 0 Å². The summed E-state index contributed by atoms with van der Waals surface area (Å²) in [6.07, 6.45) is 5.22. The standard InChI is InChI=1S/C21H24FN7O2/c1-29-17(30)7-6-11-8-12(10-25-21(11)29)26-19-13(18(24)31)9-14(22)20(28-19)27-16-5-3-2-4-15(16)23/h6-10,15-16H,2-5,23H2,1H3,(H2,24,31)(H2,26,27,28). The van der Waals surface area contributed by atoms with Crippen LogP contribution in [-0.2, 0) is 7.05 Å². The van der Waals surface area contributed by atoms with Crippen molar-refractivity contribution in [2.45, 2.75) is 37.8 Å². The molecule has 1 aliphatic carbocycles. The van der Waals surface area contributed by atoms with Crippen LogP contribution in [0.25, 0.3) is 11.0 Å². The third kappa shape index (κ3) is 4.19. The van der Waals surface area contributed by atoms with Crippen LogP contribution in [0.5, 0.6) is 0 Å². The van der Waals surface area contributed by atoms with Crippen LogP contribution >= 0.6 is 0 Å². The number of halogens is 1. The van der Waals surface area contributed by atoms with E-state index in [1.165, 1.54) is 16.8 Å². The summed E-state index contributed by atoms with van der Waals surface area (Å²) in [7, 11) is 1.63. The number of carbonyl (C=O) groups excluding carboxylic acids is 1. The number of pyridine rings is 3. The van der Waals surface area contributed by atoms with E-state index in [1.54, 1.807) is 19.2 Å². The smallest absolute Gasteiger partial charge is 0.252 e. The quantitative estimate of drug-likeness (QED) is 0.490. The molecule has 1 saturated carbocycles. The lowest BCUT2D eigenvalue weighted by atomic mass is 9.91. The van der Waals surface area contributed by atoms with Crippen molar-refractivity contribution in [3.8, 4) is 0 Å². The van der Waals surface area contributed by atoms with Crippen molar-refractivity contribution >= 4 is 34.3 Å². The fourth-order valence-electron chi connectivity index (χ4n) is 3.85. The number of aromatic nitrogens is 3. The minimum absolute atomic E-state index is 0.00555. The Morgan fingerprint density at radius 1 is 1.23 bits per heavy atom. The Kier molecular flexibility index (Phi) is 5.55. The van der Waals surface area contributed by atoms with Gasteiger partial charge in [0.05, 0.1) is 17.4 Å². The summed E-state index contributed by atoms with van der Waals surface area (Å²) in [4.78, 5) is 32.3. The number of nitrogens with two attached hydrogens (primary N) is 2. The molecular formula is C21H24FN7O2. The van der Waals surface area contributed by atoms with Crippen molar-refractivity contribution in [3.05, 3.63) is 52.2 Å². The topological polar surface area (TPSA) is 141 Å². The fourth-order valence-corrected chi connectivity index (χ4v) is 3.85. The number of carbonyl (C=O) groups is 1. The Bertz CT molecular complexity index is 1210. The van der Waals surface area contributed by atoms with Gasteiger partial charge in [0.1, 0.15) is 11.5 Å². The van der Waals surface area contributed by atoms with Gasteiger partial charge in [0.25, 0.3) is 11.5 Å². The van der Waals surface area contributed by atoms with E-state index in [-0.39, 0.29) is 34.8 Å². The molecule has 1 aliphatic rings. The molecule has 0 spiro atoms. The molecule has 2 atom stereocenters. The number of anilines is 3. The summed E-state index contributed by atoms with van der Waals surface area (Å²) < 4.78 is 16.1. The van der Waals surface area contributed by atoms with Crippen LogP contribution in [0, 0.1) is 5.82 Å². The molecular weight excluding hydrogens is 401 g/mol. The van der Waals surface area contributed by atoms with E-state index < -0.39 is 11.7 Å². The van der Waals surface area contributed by atoms with Crippen molar-refractivity contribution in [1.82, 2.24) is 14.5 Å². The van der Waals surface area contributed by atoms with E-state index in [9.17, 15) is 14.0 Å². The highest BCUT2D eigenvalue weighted by Gasteiger charge is 2.24. The average molecular weight is 425 g/mol. The van der Waals surface area contributed by atoms with Crippen LogP contribution in [-0.4, -0.2) is 32.5 Å². The lowest BCUT2D eigenvalue weighted by molar-refractivity contribution is 0.100. The summed E-state index contributed by atoms with van der Waals surface area (Å²) in [6, 6.07) is 5.70. The summed E-state index contributed by atoms with van der Waals surface area (Å²) in [5.41, 5.74) is 12.4. The van der Waals surface area contributed by atoms with Gasteiger partial charge >= 0.3 is 0 Å². The first kappa shape index (κ1) is 20.7. The molecule has 31 heavy (non-hydrogen) atoms. The van der Waals surface area contributed by atoms with Crippen LogP contribution < -0.4 is 27.7 Å². The zero-order chi connectivity index (χ0) is 22.1. The van der Waals surface area contributed by atoms with Crippen molar-refractivity contribution in [1.29, 1.82) is 0 Å². The van der Waals surface area contributed by atoms with Gasteiger partial charge < -0.3 is 22.1 Å². The van der Waals surface area contributed by atoms with Crippen LogP contribution in [0.15, 0.2) is 35.3 Å². The van der Waals surface area contributed by atoms with E-state index in [1.807, 2.05) is 0 Å². The maximum atomic E-state index is 14.7. The highest BCUT2D eigenvalue weighted by Crippen LogP contribution is 2.27. The Labute approximate surface area is 177 Å². The number of amides is 1. The van der Waals surface area contributed by atoms with Crippen LogP contribution in [0.2, 0.25) is 0 Å². The molecule has 1 amide bonds. The van der Waals surface area contributed by atoms with Gasteiger partial charge in [-0.05, 0) is 31.0 Å². The molecule has 3 heterocycles. The van der Waals surface area contributed by atoms with Gasteiger partial charge in [0, 0.05) is 30.6 Å². The van der Waals surface area contributed by atoms with Crippen molar-refractivity contribution in [2.75, 3.05) is 10.6 Å². The van der Waals surface area contributed by atoms with Crippen LogP contribution in [0.4, 0.5) is 21.7 Å². The monoisotopic (exact) mass is 425 g/mol. The van der Waals surface area contributed by atoms with Crippen molar-refractivity contribution < 1.29 is 9.18 Å². The third-order valence-corrected chi connectivity index (χ3v) is 5.59. The largest absolute Gasteiger partial charge is 0.365 e. The Morgan fingerprint density at radius 2 is 2.00 bits per heavy atom. The van der Waals surface area contributed by atoms with Crippen LogP contribution in [0.1, 0.15) is 36.0 Å². The molecule has 9 nitrogen and oxygen atoms in total. The molecule has 0 aliphatic heterocycles. The van der Waals surface area contributed by atoms with Crippen molar-refractivity contribution in [3.63, 3.8) is 0 Å². The number of nitrogens with zero attached hydrogens (tertiary/aromatic N) is 3. The normalized spacial score (nSPS) is 18.7. The van der Waals surface area contributed by atoms with Gasteiger partial charge in [-0.2, -0.15) is 0 Å². The molecule has 3 aromatic heterocycles. The van der Waals surface area contributed by atoms with E-state index in [0.717, 1.165) is 31.7 Å². The molecule has 4 rings (SSSR count). The molecule has 162 valence electrons. The second-order valence-electron chi connectivity index (χ2n) is 7.77. The van der Waals surface area contributed by atoms with Gasteiger partial charge in [0.15, 0.2) is 11.6 Å². The zero-order valence-electron chi connectivity index (χ0n) is 17.1. The lowest BCUT2D eigenvalue weighted by Crippen LogP contribution is -2.43. The summed E-state index contributed by atoms with van der Waals surface area (Å²) in [5.74, 6) is -1.38. The highest BCUT2D eigenvalue weighted by atomic mass is 19.1. The van der Waals surface area contributed by atoms with Gasteiger partial charge in [-0.3, -0.25) is 14.2 Å². The number of hydrogen-bond acceptors (Lipinski definition) is 7. The predicted octanol–water partition coefficient (Wildman–Crippen LogP) is 1.99. The van der Waals surface area contributed by atoms with E-state index in [2.05, 4.69) is 20.6 Å². The molecule has 0 saturated heterocycles. The Morgan fingerprint density at radius 3 is 2.74 bits per heavy atom. The summed E-state index contributed by atoms with van der Waals surface area (Å²) in [6.45, 7) is 0. The predicted molar refractivity (Wildman–Crippen MR) is 117 cm³/mol. The molecule has 2 unspecified atom stereocenters. The highest BCUT2D eigenvalue weighted by molar-refractivity contribution is 5.98. The maximum absolute atomic E-state index is 14.7. The number of hydrogen-bond donors (Lipinski definition) is 4. The molecule has 0 aromatic carbocycles. The second kappa shape index (κ2) is 8.31. The van der Waals surface area contributed by atoms with Gasteiger partial charge in [-0.1, -0.05) is 12.8 Å². The minimum Gasteiger partial charge on any atom is -0.365 e. The fraction of sp³-hybridized carbons (Fsp3) is 0.333. The summed E-state index contributed by atoms with van der Waals surface area (Å²) >= 11 is 0. The van der Waals surface area contributed by atoms with E-state index in [4.69, 9.17) is 11.5 Å². The first-order chi connectivity index (χ1) is 14.8. The van der Waals surface area contributed by atoms with Gasteiger partial charge in [-0.15, -0.1) is 0 Å². The Balaban J connectivity index is 1.69. The molecule has 6 N–H and O–H groups in total. The first-order valence-electron chi connectivity index (χ1n) is 10.1. The average Bonchev–Trinajstić information content (AvgIpc) is 2.74. The second-order valence-corrected chi connectivity index (χ2v) is 7.77. The molecule has 0 radical (unpaired) electrons. The third-order valence-electron chi connectivity index (χ3n) is 5.59. The molecule has 10 heteroatoms.